The van der Waals surface area contributed by atoms with Gasteiger partial charge >= 0.3 is 6.18 Å². The molecule has 0 aliphatic carbocycles. The Morgan fingerprint density at radius 3 is 2.48 bits per heavy atom. The highest BCUT2D eigenvalue weighted by atomic mass is 19.4. The van der Waals surface area contributed by atoms with E-state index in [4.69, 9.17) is 4.74 Å². The summed E-state index contributed by atoms with van der Waals surface area (Å²) >= 11 is 0. The molecule has 1 aliphatic heterocycles. The summed E-state index contributed by atoms with van der Waals surface area (Å²) in [5, 5.41) is 9.53. The molecular formula is C19H27F3N4O. The van der Waals surface area contributed by atoms with Crippen molar-refractivity contribution < 1.29 is 17.9 Å². The van der Waals surface area contributed by atoms with Crippen LogP contribution in [0.5, 0.6) is 5.75 Å². The SMILES string of the molecule is CCCC1=CC(CC)(NCC)N=C(Nc2cc(OC)cc(C(F)(F)F)c2)N1. The molecule has 1 aromatic carbocycles. The number of methoxy groups -OCH3 is 1. The molecule has 2 rings (SSSR count). The van der Waals surface area contributed by atoms with Gasteiger partial charge in [0.2, 0.25) is 5.96 Å². The average Bonchev–Trinajstić information content (AvgIpc) is 2.61. The molecular weight excluding hydrogens is 357 g/mol. The fourth-order valence-corrected chi connectivity index (χ4v) is 2.99. The van der Waals surface area contributed by atoms with Gasteiger partial charge in [-0.25, -0.2) is 4.99 Å². The van der Waals surface area contributed by atoms with Crippen molar-refractivity contribution >= 4 is 11.6 Å². The number of ether oxygens (including phenoxy) is 1. The van der Waals surface area contributed by atoms with Crippen LogP contribution >= 0.6 is 0 Å². The number of halogens is 3. The zero-order valence-corrected chi connectivity index (χ0v) is 16.1. The summed E-state index contributed by atoms with van der Waals surface area (Å²) in [5.41, 5.74) is -0.124. The molecule has 0 bridgehead atoms. The highest BCUT2D eigenvalue weighted by Crippen LogP contribution is 2.34. The molecule has 0 fully saturated rings. The second-order valence-electron chi connectivity index (χ2n) is 6.39. The van der Waals surface area contributed by atoms with Gasteiger partial charge in [0, 0.05) is 17.5 Å². The van der Waals surface area contributed by atoms with Crippen LogP contribution in [-0.2, 0) is 6.18 Å². The topological polar surface area (TPSA) is 57.7 Å². The molecule has 150 valence electrons. The number of hydrogen-bond acceptors (Lipinski definition) is 5. The molecule has 0 amide bonds. The molecule has 1 heterocycles. The van der Waals surface area contributed by atoms with Gasteiger partial charge in [0.25, 0.3) is 0 Å². The number of nitrogens with one attached hydrogen (secondary N) is 3. The molecule has 0 spiro atoms. The summed E-state index contributed by atoms with van der Waals surface area (Å²) in [4.78, 5) is 4.68. The monoisotopic (exact) mass is 384 g/mol. The van der Waals surface area contributed by atoms with E-state index in [1.807, 2.05) is 13.8 Å². The van der Waals surface area contributed by atoms with Crippen LogP contribution in [0.15, 0.2) is 35.0 Å². The summed E-state index contributed by atoms with van der Waals surface area (Å²) in [6.07, 6.45) is 0.0664. The Morgan fingerprint density at radius 1 is 1.19 bits per heavy atom. The van der Waals surface area contributed by atoms with Crippen LogP contribution in [-0.4, -0.2) is 25.3 Å². The lowest BCUT2D eigenvalue weighted by Gasteiger charge is -2.33. The summed E-state index contributed by atoms with van der Waals surface area (Å²) in [5.74, 6) is 0.534. The summed E-state index contributed by atoms with van der Waals surface area (Å²) in [6, 6.07) is 3.53. The third kappa shape index (κ3) is 5.38. The number of anilines is 1. The lowest BCUT2D eigenvalue weighted by atomic mass is 10.0. The van der Waals surface area contributed by atoms with Crippen LogP contribution in [0.3, 0.4) is 0 Å². The van der Waals surface area contributed by atoms with Crippen molar-refractivity contribution in [3.63, 3.8) is 0 Å². The summed E-state index contributed by atoms with van der Waals surface area (Å²) < 4.78 is 44.5. The Kier molecular flexibility index (Phi) is 6.75. The van der Waals surface area contributed by atoms with Crippen LogP contribution in [0, 0.1) is 0 Å². The van der Waals surface area contributed by atoms with E-state index in [1.165, 1.54) is 13.2 Å². The minimum Gasteiger partial charge on any atom is -0.497 e. The Hall–Kier alpha value is -2.22. The lowest BCUT2D eigenvalue weighted by molar-refractivity contribution is -0.137. The number of rotatable bonds is 7. The predicted octanol–water partition coefficient (Wildman–Crippen LogP) is 4.48. The van der Waals surface area contributed by atoms with Crippen molar-refractivity contribution in [1.29, 1.82) is 0 Å². The molecule has 8 heteroatoms. The molecule has 0 aromatic heterocycles. The highest BCUT2D eigenvalue weighted by Gasteiger charge is 2.32. The van der Waals surface area contributed by atoms with E-state index >= 15 is 0 Å². The number of guanidine groups is 1. The van der Waals surface area contributed by atoms with Crippen molar-refractivity contribution in [2.24, 2.45) is 4.99 Å². The predicted molar refractivity (Wildman–Crippen MR) is 102 cm³/mol. The number of likely N-dealkylation sites (N-methyl/N-ethyl adjacent to an activating group) is 1. The average molecular weight is 384 g/mol. The maximum absolute atomic E-state index is 13.2. The fraction of sp³-hybridized carbons (Fsp3) is 0.526. The van der Waals surface area contributed by atoms with Crippen LogP contribution in [0.4, 0.5) is 18.9 Å². The number of hydrogen-bond donors (Lipinski definition) is 3. The van der Waals surface area contributed by atoms with Gasteiger partial charge < -0.3 is 15.4 Å². The molecule has 1 atom stereocenters. The minimum absolute atomic E-state index is 0.126. The van der Waals surface area contributed by atoms with Gasteiger partial charge in [-0.05, 0) is 37.6 Å². The number of allylic oxidation sites excluding steroid dienone is 1. The standard InChI is InChI=1S/C19H27F3N4O/c1-5-8-14-12-18(6-2,23-7-3)26-17(24-14)25-15-9-13(19(20,21)22)10-16(11-15)27-4/h9-12,23H,5-8H2,1-4H3,(H2,24,25,26). The van der Waals surface area contributed by atoms with Gasteiger partial charge in [-0.2, -0.15) is 13.2 Å². The molecule has 1 aliphatic rings. The molecule has 3 N–H and O–H groups in total. The normalized spacial score (nSPS) is 19.8. The molecule has 0 radical (unpaired) electrons. The first-order chi connectivity index (χ1) is 12.7. The number of nitrogens with zero attached hydrogens (tertiary/aromatic N) is 1. The second kappa shape index (κ2) is 8.65. The lowest BCUT2D eigenvalue weighted by Crippen LogP contribution is -2.48. The first kappa shape index (κ1) is 21.1. The van der Waals surface area contributed by atoms with Gasteiger partial charge in [0.15, 0.2) is 0 Å². The van der Waals surface area contributed by atoms with Crippen LogP contribution in [0.25, 0.3) is 0 Å². The maximum Gasteiger partial charge on any atom is 0.416 e. The number of benzene rings is 1. The number of alkyl halides is 3. The zero-order valence-electron chi connectivity index (χ0n) is 16.1. The largest absolute Gasteiger partial charge is 0.497 e. The van der Waals surface area contributed by atoms with E-state index in [0.717, 1.165) is 37.2 Å². The third-order valence-electron chi connectivity index (χ3n) is 4.28. The Balaban J connectivity index is 2.37. The number of aliphatic imine (C=N–C) groups is 1. The van der Waals surface area contributed by atoms with E-state index in [-0.39, 0.29) is 11.4 Å². The maximum atomic E-state index is 13.2. The van der Waals surface area contributed by atoms with Gasteiger partial charge in [0.1, 0.15) is 11.4 Å². The van der Waals surface area contributed by atoms with Crippen molar-refractivity contribution in [1.82, 2.24) is 10.6 Å². The quantitative estimate of drug-likeness (QED) is 0.649. The molecule has 27 heavy (non-hydrogen) atoms. The van der Waals surface area contributed by atoms with Crippen molar-refractivity contribution in [3.05, 3.63) is 35.5 Å². The Labute approximate surface area is 158 Å². The van der Waals surface area contributed by atoms with Crippen LogP contribution in [0.1, 0.15) is 45.6 Å². The van der Waals surface area contributed by atoms with Crippen molar-refractivity contribution in [3.8, 4) is 5.75 Å². The van der Waals surface area contributed by atoms with Gasteiger partial charge in [-0.3, -0.25) is 5.32 Å². The van der Waals surface area contributed by atoms with E-state index in [0.29, 0.717) is 12.4 Å². The third-order valence-corrected chi connectivity index (χ3v) is 4.28. The highest BCUT2D eigenvalue weighted by molar-refractivity contribution is 5.96. The first-order valence-electron chi connectivity index (χ1n) is 9.12. The van der Waals surface area contributed by atoms with E-state index in [1.54, 1.807) is 0 Å². The fourth-order valence-electron chi connectivity index (χ4n) is 2.99. The van der Waals surface area contributed by atoms with Gasteiger partial charge in [-0.1, -0.05) is 27.2 Å². The second-order valence-corrected chi connectivity index (χ2v) is 6.39. The van der Waals surface area contributed by atoms with Gasteiger partial charge in [-0.15, -0.1) is 0 Å². The summed E-state index contributed by atoms with van der Waals surface area (Å²) in [6.45, 7) is 6.80. The molecule has 1 unspecified atom stereocenters. The van der Waals surface area contributed by atoms with E-state index < -0.39 is 17.4 Å². The Morgan fingerprint density at radius 2 is 1.93 bits per heavy atom. The van der Waals surface area contributed by atoms with Crippen molar-refractivity contribution in [2.75, 3.05) is 19.0 Å². The first-order valence-corrected chi connectivity index (χ1v) is 9.12. The van der Waals surface area contributed by atoms with Crippen molar-refractivity contribution in [2.45, 2.75) is 51.9 Å². The zero-order chi connectivity index (χ0) is 20.1. The smallest absolute Gasteiger partial charge is 0.416 e. The minimum atomic E-state index is -4.46. The van der Waals surface area contributed by atoms with E-state index in [2.05, 4.69) is 33.9 Å². The molecule has 5 nitrogen and oxygen atoms in total. The van der Waals surface area contributed by atoms with Crippen LogP contribution in [0.2, 0.25) is 0 Å². The molecule has 0 saturated carbocycles. The molecule has 0 saturated heterocycles. The summed E-state index contributed by atoms with van der Waals surface area (Å²) in [7, 11) is 1.34. The van der Waals surface area contributed by atoms with E-state index in [9.17, 15) is 13.2 Å². The Bertz CT molecular complexity index is 715. The van der Waals surface area contributed by atoms with Crippen LogP contribution < -0.4 is 20.7 Å². The molecule has 1 aromatic rings. The van der Waals surface area contributed by atoms with Gasteiger partial charge in [0.05, 0.1) is 12.7 Å².